The van der Waals surface area contributed by atoms with Crippen molar-refractivity contribution in [3.05, 3.63) is 29.8 Å². The van der Waals surface area contributed by atoms with Crippen LogP contribution in [0.3, 0.4) is 0 Å². The van der Waals surface area contributed by atoms with Gasteiger partial charge < -0.3 is 10.4 Å². The van der Waals surface area contributed by atoms with E-state index in [0.717, 1.165) is 24.3 Å². The molecule has 0 atom stereocenters. The van der Waals surface area contributed by atoms with Gasteiger partial charge in [0.25, 0.3) is 0 Å². The van der Waals surface area contributed by atoms with E-state index in [2.05, 4.69) is 5.32 Å². The first-order valence-corrected chi connectivity index (χ1v) is 7.78. The van der Waals surface area contributed by atoms with Crippen LogP contribution in [0.4, 0.5) is 0 Å². The molecule has 0 heterocycles. The smallest absolute Gasteiger partial charge is 0.220 e. The molecule has 1 aromatic carbocycles. The zero-order valence-electron chi connectivity index (χ0n) is 12.1. The first kappa shape index (κ1) is 14.9. The Morgan fingerprint density at radius 1 is 1.25 bits per heavy atom. The zero-order valence-corrected chi connectivity index (χ0v) is 12.1. The van der Waals surface area contributed by atoms with Gasteiger partial charge in [-0.25, -0.2) is 0 Å². The minimum absolute atomic E-state index is 0.163. The molecule has 1 amide bonds. The molecule has 3 heteroatoms. The Balaban J connectivity index is 1.60. The summed E-state index contributed by atoms with van der Waals surface area (Å²) < 4.78 is 0. The molecule has 3 nitrogen and oxygen atoms in total. The summed E-state index contributed by atoms with van der Waals surface area (Å²) in [4.78, 5) is 11.8. The molecule has 0 saturated heterocycles. The number of carbonyl (C=O) groups excluding carboxylic acids is 1. The van der Waals surface area contributed by atoms with Crippen molar-refractivity contribution in [2.24, 2.45) is 5.92 Å². The number of benzene rings is 1. The van der Waals surface area contributed by atoms with Gasteiger partial charge in [0.2, 0.25) is 5.91 Å². The van der Waals surface area contributed by atoms with Crippen LogP contribution >= 0.6 is 0 Å². The fourth-order valence-electron chi connectivity index (χ4n) is 2.96. The first-order chi connectivity index (χ1) is 9.74. The van der Waals surface area contributed by atoms with E-state index in [-0.39, 0.29) is 11.7 Å². The Morgan fingerprint density at radius 2 is 2.05 bits per heavy atom. The Morgan fingerprint density at radius 3 is 2.80 bits per heavy atom. The van der Waals surface area contributed by atoms with Crippen molar-refractivity contribution in [3.63, 3.8) is 0 Å². The van der Waals surface area contributed by atoms with E-state index >= 15 is 0 Å². The van der Waals surface area contributed by atoms with E-state index < -0.39 is 0 Å². The third-order valence-corrected chi connectivity index (χ3v) is 4.15. The number of aromatic hydroxyl groups is 1. The van der Waals surface area contributed by atoms with Crippen LogP contribution in [0, 0.1) is 5.92 Å². The van der Waals surface area contributed by atoms with Crippen LogP contribution in [0.15, 0.2) is 24.3 Å². The molecule has 2 N–H and O–H groups in total. The average Bonchev–Trinajstić information content (AvgIpc) is 2.46. The predicted molar refractivity (Wildman–Crippen MR) is 80.6 cm³/mol. The zero-order chi connectivity index (χ0) is 14.2. The number of hydrogen-bond acceptors (Lipinski definition) is 2. The standard InChI is InChI=1S/C17H25NO2/c19-16-8-4-7-15(13-16)11-12-18-17(20)10-9-14-5-2-1-3-6-14/h4,7-8,13-14,19H,1-3,5-6,9-12H2,(H,18,20). The molecule has 1 aliphatic carbocycles. The molecule has 0 bridgehead atoms. The second-order valence-corrected chi connectivity index (χ2v) is 5.81. The van der Waals surface area contributed by atoms with Crippen LogP contribution in [0.1, 0.15) is 50.5 Å². The summed E-state index contributed by atoms with van der Waals surface area (Å²) in [7, 11) is 0. The Hall–Kier alpha value is -1.51. The number of phenols is 1. The molecule has 0 radical (unpaired) electrons. The summed E-state index contributed by atoms with van der Waals surface area (Å²) in [6.45, 7) is 0.646. The van der Waals surface area contributed by atoms with Crippen molar-refractivity contribution < 1.29 is 9.90 Å². The van der Waals surface area contributed by atoms with Crippen molar-refractivity contribution >= 4 is 5.91 Å². The quantitative estimate of drug-likeness (QED) is 0.836. The highest BCUT2D eigenvalue weighted by Gasteiger charge is 2.14. The fourth-order valence-corrected chi connectivity index (χ4v) is 2.96. The molecule has 1 aliphatic rings. The van der Waals surface area contributed by atoms with E-state index in [4.69, 9.17) is 0 Å². The average molecular weight is 275 g/mol. The molecule has 1 fully saturated rings. The van der Waals surface area contributed by atoms with Gasteiger partial charge in [-0.05, 0) is 36.5 Å². The summed E-state index contributed by atoms with van der Waals surface area (Å²) in [6, 6.07) is 7.20. The topological polar surface area (TPSA) is 49.3 Å². The highest BCUT2D eigenvalue weighted by atomic mass is 16.3. The van der Waals surface area contributed by atoms with Gasteiger partial charge >= 0.3 is 0 Å². The molecule has 110 valence electrons. The molecule has 20 heavy (non-hydrogen) atoms. The van der Waals surface area contributed by atoms with Gasteiger partial charge in [0.15, 0.2) is 0 Å². The third kappa shape index (κ3) is 5.24. The van der Waals surface area contributed by atoms with Gasteiger partial charge in [0.05, 0.1) is 0 Å². The lowest BCUT2D eigenvalue weighted by atomic mass is 9.86. The minimum Gasteiger partial charge on any atom is -0.508 e. The maximum Gasteiger partial charge on any atom is 0.220 e. The van der Waals surface area contributed by atoms with Crippen LogP contribution < -0.4 is 5.32 Å². The van der Waals surface area contributed by atoms with Gasteiger partial charge in [-0.2, -0.15) is 0 Å². The molecular formula is C17H25NO2. The van der Waals surface area contributed by atoms with Gasteiger partial charge in [-0.3, -0.25) is 4.79 Å². The number of carbonyl (C=O) groups is 1. The van der Waals surface area contributed by atoms with Crippen molar-refractivity contribution in [3.8, 4) is 5.75 Å². The number of nitrogens with one attached hydrogen (secondary N) is 1. The van der Waals surface area contributed by atoms with Crippen molar-refractivity contribution in [1.82, 2.24) is 5.32 Å². The van der Waals surface area contributed by atoms with Crippen LogP contribution in [0.2, 0.25) is 0 Å². The molecule has 0 aromatic heterocycles. The van der Waals surface area contributed by atoms with Gasteiger partial charge in [0.1, 0.15) is 5.75 Å². The van der Waals surface area contributed by atoms with Gasteiger partial charge in [-0.15, -0.1) is 0 Å². The predicted octanol–water partition coefficient (Wildman–Crippen LogP) is 3.41. The largest absolute Gasteiger partial charge is 0.508 e. The van der Waals surface area contributed by atoms with E-state index in [1.165, 1.54) is 32.1 Å². The molecule has 1 saturated carbocycles. The van der Waals surface area contributed by atoms with Crippen LogP contribution in [0.25, 0.3) is 0 Å². The molecule has 2 rings (SSSR count). The van der Waals surface area contributed by atoms with E-state index in [0.29, 0.717) is 13.0 Å². The summed E-state index contributed by atoms with van der Waals surface area (Å²) in [5, 5.41) is 12.3. The lowest BCUT2D eigenvalue weighted by Gasteiger charge is -2.20. The minimum atomic E-state index is 0.163. The number of amides is 1. The lowest BCUT2D eigenvalue weighted by Crippen LogP contribution is -2.26. The number of phenolic OH excluding ortho intramolecular Hbond substituents is 1. The number of rotatable bonds is 6. The second-order valence-electron chi connectivity index (χ2n) is 5.81. The highest BCUT2D eigenvalue weighted by Crippen LogP contribution is 2.27. The Bertz CT molecular complexity index is 425. The van der Waals surface area contributed by atoms with E-state index in [1.807, 2.05) is 12.1 Å². The SMILES string of the molecule is O=C(CCC1CCCCC1)NCCc1cccc(O)c1. The van der Waals surface area contributed by atoms with Gasteiger partial charge in [0, 0.05) is 13.0 Å². The fraction of sp³-hybridized carbons (Fsp3) is 0.588. The monoisotopic (exact) mass is 275 g/mol. The Kier molecular flexibility index (Phi) is 5.90. The summed E-state index contributed by atoms with van der Waals surface area (Å²) in [5.41, 5.74) is 1.05. The van der Waals surface area contributed by atoms with E-state index in [1.54, 1.807) is 12.1 Å². The van der Waals surface area contributed by atoms with E-state index in [9.17, 15) is 9.90 Å². The number of hydrogen-bond donors (Lipinski definition) is 2. The second kappa shape index (κ2) is 7.93. The Labute approximate surface area is 121 Å². The van der Waals surface area contributed by atoms with Crippen molar-refractivity contribution in [1.29, 1.82) is 0 Å². The maximum absolute atomic E-state index is 11.8. The molecule has 1 aromatic rings. The third-order valence-electron chi connectivity index (χ3n) is 4.15. The first-order valence-electron chi connectivity index (χ1n) is 7.78. The van der Waals surface area contributed by atoms with Gasteiger partial charge in [-0.1, -0.05) is 44.2 Å². The van der Waals surface area contributed by atoms with Crippen molar-refractivity contribution in [2.45, 2.75) is 51.4 Å². The maximum atomic E-state index is 11.8. The molecule has 0 spiro atoms. The molecular weight excluding hydrogens is 250 g/mol. The highest BCUT2D eigenvalue weighted by molar-refractivity contribution is 5.75. The molecule has 0 unspecified atom stereocenters. The van der Waals surface area contributed by atoms with Crippen LogP contribution in [0.5, 0.6) is 5.75 Å². The van der Waals surface area contributed by atoms with Crippen molar-refractivity contribution in [2.75, 3.05) is 6.54 Å². The van der Waals surface area contributed by atoms with Crippen LogP contribution in [-0.4, -0.2) is 17.6 Å². The summed E-state index contributed by atoms with van der Waals surface area (Å²) >= 11 is 0. The summed E-state index contributed by atoms with van der Waals surface area (Å²) in [6.07, 6.45) is 9.11. The lowest BCUT2D eigenvalue weighted by molar-refractivity contribution is -0.121. The molecule has 0 aliphatic heterocycles. The van der Waals surface area contributed by atoms with Crippen LogP contribution in [-0.2, 0) is 11.2 Å². The summed E-state index contributed by atoms with van der Waals surface area (Å²) in [5.74, 6) is 1.21. The normalized spacial score (nSPS) is 16.0.